The van der Waals surface area contributed by atoms with E-state index in [2.05, 4.69) is 20.6 Å². The topological polar surface area (TPSA) is 49.3 Å². The molecule has 0 unspecified atom stereocenters. The van der Waals surface area contributed by atoms with Crippen molar-refractivity contribution < 1.29 is 0 Å². The van der Waals surface area contributed by atoms with Crippen LogP contribution in [-0.2, 0) is 0 Å². The van der Waals surface area contributed by atoms with Gasteiger partial charge in [-0.15, -0.1) is 0 Å². The van der Waals surface area contributed by atoms with E-state index in [0.29, 0.717) is 5.02 Å². The summed E-state index contributed by atoms with van der Waals surface area (Å²) in [6.07, 6.45) is 1.76. The van der Waals surface area contributed by atoms with Gasteiger partial charge < -0.3 is 10.6 Å². The third-order valence-corrected chi connectivity index (χ3v) is 3.05. The van der Waals surface area contributed by atoms with Gasteiger partial charge in [0, 0.05) is 18.1 Å². The number of pyridine rings is 1. The number of anilines is 1. The highest BCUT2D eigenvalue weighted by molar-refractivity contribution is 6.38. The fraction of sp³-hybridized carbons (Fsp3) is 0.167. The number of aromatic nitrogens is 1. The van der Waals surface area contributed by atoms with Gasteiger partial charge in [0.25, 0.3) is 0 Å². The maximum Gasteiger partial charge on any atom is 0.195 e. The zero-order valence-corrected chi connectivity index (χ0v) is 9.83. The number of benzene rings is 1. The van der Waals surface area contributed by atoms with Gasteiger partial charge in [0.2, 0.25) is 0 Å². The molecule has 0 fully saturated rings. The third-order valence-electron chi connectivity index (χ3n) is 2.65. The molecule has 0 radical (unpaired) electrons. The molecule has 17 heavy (non-hydrogen) atoms. The van der Waals surface area contributed by atoms with Crippen molar-refractivity contribution in [3.63, 3.8) is 0 Å². The number of aliphatic imine (C=N–C) groups is 1. The van der Waals surface area contributed by atoms with Gasteiger partial charge in [0.15, 0.2) is 5.96 Å². The molecule has 1 aliphatic rings. The van der Waals surface area contributed by atoms with Crippen LogP contribution in [0.2, 0.25) is 5.02 Å². The summed E-state index contributed by atoms with van der Waals surface area (Å²) in [6, 6.07) is 7.70. The van der Waals surface area contributed by atoms with Crippen molar-refractivity contribution in [2.45, 2.75) is 0 Å². The van der Waals surface area contributed by atoms with Crippen LogP contribution in [0.1, 0.15) is 0 Å². The van der Waals surface area contributed by atoms with E-state index in [0.717, 1.165) is 35.6 Å². The molecule has 86 valence electrons. The van der Waals surface area contributed by atoms with Crippen molar-refractivity contribution in [2.24, 2.45) is 4.99 Å². The molecule has 0 saturated carbocycles. The second kappa shape index (κ2) is 4.22. The van der Waals surface area contributed by atoms with Gasteiger partial charge >= 0.3 is 0 Å². The lowest BCUT2D eigenvalue weighted by Gasteiger charge is -2.10. The van der Waals surface area contributed by atoms with Crippen molar-refractivity contribution in [2.75, 3.05) is 18.4 Å². The molecule has 2 N–H and O–H groups in total. The molecule has 0 aliphatic carbocycles. The molecular formula is C12H11ClN4. The van der Waals surface area contributed by atoms with Crippen LogP contribution in [0.4, 0.5) is 5.69 Å². The van der Waals surface area contributed by atoms with E-state index in [9.17, 15) is 0 Å². The Hall–Kier alpha value is -1.81. The number of rotatable bonds is 1. The first-order chi connectivity index (χ1) is 8.34. The van der Waals surface area contributed by atoms with Gasteiger partial charge in [-0.25, -0.2) is 0 Å². The fourth-order valence-electron chi connectivity index (χ4n) is 1.82. The lowest BCUT2D eigenvalue weighted by atomic mass is 10.2. The monoisotopic (exact) mass is 246 g/mol. The number of nitrogens with zero attached hydrogens (tertiary/aromatic N) is 2. The summed E-state index contributed by atoms with van der Waals surface area (Å²) >= 11 is 6.33. The van der Waals surface area contributed by atoms with Crippen LogP contribution in [0.25, 0.3) is 10.9 Å². The van der Waals surface area contributed by atoms with Crippen LogP contribution in [-0.4, -0.2) is 24.0 Å². The van der Waals surface area contributed by atoms with Crippen LogP contribution >= 0.6 is 11.6 Å². The van der Waals surface area contributed by atoms with E-state index in [4.69, 9.17) is 11.6 Å². The van der Waals surface area contributed by atoms with Crippen molar-refractivity contribution >= 4 is 34.2 Å². The molecule has 2 aromatic rings. The Morgan fingerprint density at radius 2 is 2.24 bits per heavy atom. The second-order valence-electron chi connectivity index (χ2n) is 3.78. The van der Waals surface area contributed by atoms with E-state index < -0.39 is 0 Å². The van der Waals surface area contributed by atoms with Crippen molar-refractivity contribution in [3.8, 4) is 0 Å². The van der Waals surface area contributed by atoms with E-state index in [1.165, 1.54) is 0 Å². The van der Waals surface area contributed by atoms with Crippen LogP contribution < -0.4 is 10.6 Å². The normalized spacial score (nSPS) is 14.5. The van der Waals surface area contributed by atoms with E-state index in [1.807, 2.05) is 24.3 Å². The number of nitrogens with one attached hydrogen (secondary N) is 2. The molecule has 0 amide bonds. The zero-order valence-electron chi connectivity index (χ0n) is 9.07. The van der Waals surface area contributed by atoms with Gasteiger partial charge in [-0.05, 0) is 24.3 Å². The smallest absolute Gasteiger partial charge is 0.195 e. The van der Waals surface area contributed by atoms with Crippen molar-refractivity contribution in [3.05, 3.63) is 35.5 Å². The molecule has 1 aliphatic heterocycles. The summed E-state index contributed by atoms with van der Waals surface area (Å²) in [5.41, 5.74) is 1.74. The summed E-state index contributed by atoms with van der Waals surface area (Å²) in [7, 11) is 0. The average Bonchev–Trinajstić information content (AvgIpc) is 2.86. The average molecular weight is 247 g/mol. The Kier molecular flexibility index (Phi) is 2.57. The predicted molar refractivity (Wildman–Crippen MR) is 70.7 cm³/mol. The molecule has 0 saturated heterocycles. The zero-order chi connectivity index (χ0) is 11.7. The number of halogens is 1. The highest BCUT2D eigenvalue weighted by atomic mass is 35.5. The Bertz CT molecular complexity index is 594. The molecule has 4 nitrogen and oxygen atoms in total. The van der Waals surface area contributed by atoms with Gasteiger partial charge in [0.05, 0.1) is 22.8 Å². The standard InChI is InChI=1S/C12H11ClN4/c13-11-8-2-1-5-14-9(8)3-4-10(11)17-12-15-6-7-16-12/h1-5H,6-7H2,(H2,15,16,17). The van der Waals surface area contributed by atoms with E-state index in [1.54, 1.807) is 6.20 Å². The minimum absolute atomic E-state index is 0.673. The van der Waals surface area contributed by atoms with Gasteiger partial charge in [0.1, 0.15) is 0 Å². The summed E-state index contributed by atoms with van der Waals surface area (Å²) < 4.78 is 0. The molecule has 0 spiro atoms. The summed E-state index contributed by atoms with van der Waals surface area (Å²) in [6.45, 7) is 1.67. The fourth-order valence-corrected chi connectivity index (χ4v) is 2.09. The van der Waals surface area contributed by atoms with Crippen molar-refractivity contribution in [1.82, 2.24) is 10.3 Å². The quantitative estimate of drug-likeness (QED) is 0.812. The summed E-state index contributed by atoms with van der Waals surface area (Å²) in [5.74, 6) is 0.773. The molecule has 2 heterocycles. The van der Waals surface area contributed by atoms with Crippen molar-refractivity contribution in [1.29, 1.82) is 0 Å². The lowest BCUT2D eigenvalue weighted by molar-refractivity contribution is 0.959. The third kappa shape index (κ3) is 1.91. The first kappa shape index (κ1) is 10.4. The van der Waals surface area contributed by atoms with Gasteiger partial charge in [-0.1, -0.05) is 11.6 Å². The Morgan fingerprint density at radius 1 is 1.29 bits per heavy atom. The first-order valence-corrected chi connectivity index (χ1v) is 5.81. The molecule has 3 rings (SSSR count). The SMILES string of the molecule is Clc1c(NC2=NCCN2)ccc2ncccc12. The van der Waals surface area contributed by atoms with Gasteiger partial charge in [-0.2, -0.15) is 0 Å². The minimum Gasteiger partial charge on any atom is -0.354 e. The van der Waals surface area contributed by atoms with Crippen LogP contribution in [0.3, 0.4) is 0 Å². The lowest BCUT2D eigenvalue weighted by Crippen LogP contribution is -2.26. The number of guanidine groups is 1. The molecule has 0 atom stereocenters. The maximum absolute atomic E-state index is 6.33. The molecule has 5 heteroatoms. The summed E-state index contributed by atoms with van der Waals surface area (Å²) in [5, 5.41) is 7.94. The highest BCUT2D eigenvalue weighted by Gasteiger charge is 2.09. The van der Waals surface area contributed by atoms with E-state index in [-0.39, 0.29) is 0 Å². The summed E-state index contributed by atoms with van der Waals surface area (Å²) in [4.78, 5) is 8.53. The predicted octanol–water partition coefficient (Wildman–Crippen LogP) is 2.26. The molecule has 0 bridgehead atoms. The molecule has 1 aromatic heterocycles. The molecular weight excluding hydrogens is 236 g/mol. The number of fused-ring (bicyclic) bond motifs is 1. The first-order valence-electron chi connectivity index (χ1n) is 5.43. The van der Waals surface area contributed by atoms with E-state index >= 15 is 0 Å². The molecule has 1 aromatic carbocycles. The van der Waals surface area contributed by atoms with Crippen LogP contribution in [0, 0.1) is 0 Å². The van der Waals surface area contributed by atoms with Crippen LogP contribution in [0.5, 0.6) is 0 Å². The Labute approximate surface area is 104 Å². The number of hydrogen-bond acceptors (Lipinski definition) is 4. The number of hydrogen-bond donors (Lipinski definition) is 2. The minimum atomic E-state index is 0.673. The Morgan fingerprint density at radius 3 is 3.06 bits per heavy atom. The maximum atomic E-state index is 6.33. The second-order valence-corrected chi connectivity index (χ2v) is 4.16. The largest absolute Gasteiger partial charge is 0.354 e. The Balaban J connectivity index is 2.02. The highest BCUT2D eigenvalue weighted by Crippen LogP contribution is 2.29. The van der Waals surface area contributed by atoms with Gasteiger partial charge in [-0.3, -0.25) is 9.98 Å². The van der Waals surface area contributed by atoms with Crippen LogP contribution in [0.15, 0.2) is 35.5 Å².